The van der Waals surface area contributed by atoms with Gasteiger partial charge >= 0.3 is 0 Å². The number of hydrogen-bond donors (Lipinski definition) is 2. The van der Waals surface area contributed by atoms with Gasteiger partial charge in [-0.15, -0.1) is 0 Å². The van der Waals surface area contributed by atoms with Crippen molar-refractivity contribution >= 4 is 5.91 Å². The molecule has 0 radical (unpaired) electrons. The second-order valence-corrected chi connectivity index (χ2v) is 4.58. The minimum atomic E-state index is -0.232. The summed E-state index contributed by atoms with van der Waals surface area (Å²) in [6.07, 6.45) is 2.97. The van der Waals surface area contributed by atoms with E-state index in [1.807, 2.05) is 6.92 Å². The lowest BCUT2D eigenvalue weighted by Crippen LogP contribution is -2.51. The number of rotatable bonds is 4. The van der Waals surface area contributed by atoms with E-state index in [4.69, 9.17) is 5.73 Å². The maximum absolute atomic E-state index is 11.1. The molecule has 1 aliphatic heterocycles. The standard InChI is InChI=1S/C11H23N3O/c1-4-10(11(12)15)13-9-5-6-14(3)8(2)7-9/h8-10,13H,4-7H2,1-3H3,(H2,12,15). The molecule has 4 nitrogen and oxygen atoms in total. The highest BCUT2D eigenvalue weighted by Gasteiger charge is 2.25. The Bertz CT molecular complexity index is 220. The van der Waals surface area contributed by atoms with Crippen LogP contribution >= 0.6 is 0 Å². The predicted molar refractivity (Wildman–Crippen MR) is 61.5 cm³/mol. The van der Waals surface area contributed by atoms with Gasteiger partial charge in [0.15, 0.2) is 0 Å². The zero-order valence-electron chi connectivity index (χ0n) is 9.99. The third-order valence-corrected chi connectivity index (χ3v) is 3.40. The number of likely N-dealkylation sites (tertiary alicyclic amines) is 1. The lowest BCUT2D eigenvalue weighted by atomic mass is 9.97. The highest BCUT2D eigenvalue weighted by Crippen LogP contribution is 2.16. The lowest BCUT2D eigenvalue weighted by Gasteiger charge is -2.36. The van der Waals surface area contributed by atoms with Gasteiger partial charge in [-0.1, -0.05) is 6.92 Å². The fourth-order valence-corrected chi connectivity index (χ4v) is 2.13. The fraction of sp³-hybridized carbons (Fsp3) is 0.909. The van der Waals surface area contributed by atoms with Crippen LogP contribution in [0.3, 0.4) is 0 Å². The van der Waals surface area contributed by atoms with Crippen molar-refractivity contribution in [3.05, 3.63) is 0 Å². The van der Waals surface area contributed by atoms with E-state index in [-0.39, 0.29) is 11.9 Å². The van der Waals surface area contributed by atoms with Crippen LogP contribution in [0.4, 0.5) is 0 Å². The van der Waals surface area contributed by atoms with E-state index >= 15 is 0 Å². The summed E-state index contributed by atoms with van der Waals surface area (Å²) in [4.78, 5) is 13.4. The Morgan fingerprint density at radius 1 is 1.67 bits per heavy atom. The molecule has 0 aromatic heterocycles. The molecular weight excluding hydrogens is 190 g/mol. The average molecular weight is 213 g/mol. The predicted octanol–water partition coefficient (Wildman–Crippen LogP) is 0.323. The molecule has 0 spiro atoms. The molecule has 88 valence electrons. The third-order valence-electron chi connectivity index (χ3n) is 3.40. The van der Waals surface area contributed by atoms with Gasteiger partial charge in [-0.2, -0.15) is 0 Å². The Balaban J connectivity index is 2.42. The largest absolute Gasteiger partial charge is 0.368 e. The highest BCUT2D eigenvalue weighted by atomic mass is 16.1. The van der Waals surface area contributed by atoms with Crippen molar-refractivity contribution < 1.29 is 4.79 Å². The maximum atomic E-state index is 11.1. The van der Waals surface area contributed by atoms with Crippen LogP contribution in [0.25, 0.3) is 0 Å². The molecule has 1 saturated heterocycles. The zero-order chi connectivity index (χ0) is 11.4. The highest BCUT2D eigenvalue weighted by molar-refractivity contribution is 5.79. The van der Waals surface area contributed by atoms with Crippen LogP contribution in [0.2, 0.25) is 0 Å². The molecule has 0 aliphatic carbocycles. The number of piperidine rings is 1. The van der Waals surface area contributed by atoms with Crippen LogP contribution in [-0.2, 0) is 4.79 Å². The molecule has 0 bridgehead atoms. The van der Waals surface area contributed by atoms with Crippen LogP contribution in [-0.4, -0.2) is 42.5 Å². The minimum Gasteiger partial charge on any atom is -0.368 e. The summed E-state index contributed by atoms with van der Waals surface area (Å²) < 4.78 is 0. The van der Waals surface area contributed by atoms with E-state index in [0.29, 0.717) is 12.1 Å². The second-order valence-electron chi connectivity index (χ2n) is 4.58. The monoisotopic (exact) mass is 213 g/mol. The molecule has 1 fully saturated rings. The van der Waals surface area contributed by atoms with Gasteiger partial charge in [-0.05, 0) is 39.8 Å². The number of carbonyl (C=O) groups is 1. The van der Waals surface area contributed by atoms with E-state index in [1.54, 1.807) is 0 Å². The Labute approximate surface area is 92.2 Å². The first kappa shape index (κ1) is 12.5. The summed E-state index contributed by atoms with van der Waals surface area (Å²) in [5.41, 5.74) is 5.31. The van der Waals surface area contributed by atoms with Gasteiger partial charge in [-0.25, -0.2) is 0 Å². The van der Waals surface area contributed by atoms with Crippen molar-refractivity contribution in [1.29, 1.82) is 0 Å². The molecule has 0 saturated carbocycles. The molecule has 3 unspecified atom stereocenters. The van der Waals surface area contributed by atoms with E-state index in [9.17, 15) is 4.79 Å². The summed E-state index contributed by atoms with van der Waals surface area (Å²) in [5, 5.41) is 3.35. The smallest absolute Gasteiger partial charge is 0.234 e. The van der Waals surface area contributed by atoms with Gasteiger partial charge in [0, 0.05) is 12.1 Å². The van der Waals surface area contributed by atoms with E-state index in [1.165, 1.54) is 0 Å². The number of amides is 1. The number of nitrogens with zero attached hydrogens (tertiary/aromatic N) is 1. The van der Waals surface area contributed by atoms with Gasteiger partial charge < -0.3 is 16.0 Å². The van der Waals surface area contributed by atoms with Gasteiger partial charge in [0.25, 0.3) is 0 Å². The van der Waals surface area contributed by atoms with E-state index in [2.05, 4.69) is 24.2 Å². The zero-order valence-corrected chi connectivity index (χ0v) is 9.99. The van der Waals surface area contributed by atoms with Crippen LogP contribution in [0.1, 0.15) is 33.1 Å². The van der Waals surface area contributed by atoms with Gasteiger partial charge in [0.2, 0.25) is 5.91 Å². The third kappa shape index (κ3) is 3.47. The van der Waals surface area contributed by atoms with Crippen molar-refractivity contribution in [2.75, 3.05) is 13.6 Å². The molecule has 0 aromatic carbocycles. The molecule has 1 amide bonds. The summed E-state index contributed by atoms with van der Waals surface area (Å²) in [6.45, 7) is 5.30. The van der Waals surface area contributed by atoms with Gasteiger partial charge in [0.05, 0.1) is 6.04 Å². The number of nitrogens with one attached hydrogen (secondary N) is 1. The first-order valence-corrected chi connectivity index (χ1v) is 5.80. The first-order chi connectivity index (χ1) is 7.04. The summed E-state index contributed by atoms with van der Waals surface area (Å²) in [7, 11) is 2.15. The normalized spacial score (nSPS) is 30.1. The number of hydrogen-bond acceptors (Lipinski definition) is 3. The summed E-state index contributed by atoms with van der Waals surface area (Å²) >= 11 is 0. The second kappa shape index (κ2) is 5.47. The SMILES string of the molecule is CCC(NC1CCN(C)C(C)C1)C(N)=O. The molecule has 3 atom stereocenters. The average Bonchev–Trinajstić information content (AvgIpc) is 2.19. The molecule has 0 aromatic rings. The molecule has 4 heteroatoms. The van der Waals surface area contributed by atoms with Crippen LogP contribution < -0.4 is 11.1 Å². The van der Waals surface area contributed by atoms with Crippen molar-refractivity contribution in [1.82, 2.24) is 10.2 Å². The fourth-order valence-electron chi connectivity index (χ4n) is 2.13. The van der Waals surface area contributed by atoms with Crippen LogP contribution in [0, 0.1) is 0 Å². The molecule has 1 heterocycles. The van der Waals surface area contributed by atoms with Crippen molar-refractivity contribution in [3.63, 3.8) is 0 Å². The van der Waals surface area contributed by atoms with E-state index in [0.717, 1.165) is 25.8 Å². The molecule has 1 rings (SSSR count). The first-order valence-electron chi connectivity index (χ1n) is 5.80. The summed E-state index contributed by atoms with van der Waals surface area (Å²) in [5.74, 6) is -0.232. The number of carbonyl (C=O) groups excluding carboxylic acids is 1. The van der Waals surface area contributed by atoms with Crippen molar-refractivity contribution in [2.24, 2.45) is 5.73 Å². The Morgan fingerprint density at radius 3 is 2.80 bits per heavy atom. The quantitative estimate of drug-likeness (QED) is 0.707. The molecule has 3 N–H and O–H groups in total. The minimum absolute atomic E-state index is 0.161. The van der Waals surface area contributed by atoms with Crippen molar-refractivity contribution in [3.8, 4) is 0 Å². The topological polar surface area (TPSA) is 58.4 Å². The van der Waals surface area contributed by atoms with Gasteiger partial charge in [-0.3, -0.25) is 4.79 Å². The molecular formula is C11H23N3O. The molecule has 1 aliphatic rings. The van der Waals surface area contributed by atoms with Gasteiger partial charge in [0.1, 0.15) is 0 Å². The Kier molecular flexibility index (Phi) is 4.54. The lowest BCUT2D eigenvalue weighted by molar-refractivity contribution is -0.120. The van der Waals surface area contributed by atoms with Crippen molar-refractivity contribution in [2.45, 2.75) is 51.2 Å². The summed E-state index contributed by atoms with van der Waals surface area (Å²) in [6, 6.07) is 0.862. The van der Waals surface area contributed by atoms with Crippen LogP contribution in [0.15, 0.2) is 0 Å². The van der Waals surface area contributed by atoms with E-state index < -0.39 is 0 Å². The number of primary amides is 1. The maximum Gasteiger partial charge on any atom is 0.234 e. The van der Waals surface area contributed by atoms with Crippen LogP contribution in [0.5, 0.6) is 0 Å². The Morgan fingerprint density at radius 2 is 2.33 bits per heavy atom. The molecule has 15 heavy (non-hydrogen) atoms. The number of nitrogens with two attached hydrogens (primary N) is 1. The Hall–Kier alpha value is -0.610.